The maximum absolute atomic E-state index is 14.1. The van der Waals surface area contributed by atoms with Crippen molar-refractivity contribution >= 4 is 22.4 Å². The quantitative estimate of drug-likeness (QED) is 0.302. The van der Waals surface area contributed by atoms with Crippen LogP contribution < -0.4 is 4.74 Å². The largest absolute Gasteiger partial charge is 0.429 e. The molecular weight excluding hydrogens is 367 g/mol. The van der Waals surface area contributed by atoms with E-state index in [0.717, 1.165) is 18.2 Å². The molecule has 132 valence electrons. The van der Waals surface area contributed by atoms with Crippen molar-refractivity contribution in [3.63, 3.8) is 0 Å². The van der Waals surface area contributed by atoms with Crippen molar-refractivity contribution < 1.29 is 31.5 Å². The summed E-state index contributed by atoms with van der Waals surface area (Å²) >= 11 is 5.22. The van der Waals surface area contributed by atoms with Crippen LogP contribution in [0.3, 0.4) is 0 Å². The van der Waals surface area contributed by atoms with Crippen LogP contribution in [-0.4, -0.2) is 5.24 Å². The summed E-state index contributed by atoms with van der Waals surface area (Å²) < 4.78 is 72.3. The summed E-state index contributed by atoms with van der Waals surface area (Å²) in [5.74, 6) is -6.02. The first-order valence-corrected chi connectivity index (χ1v) is 7.18. The average molecular weight is 377 g/mol. The van der Waals surface area contributed by atoms with Crippen molar-refractivity contribution in [1.29, 1.82) is 0 Å². The van der Waals surface area contributed by atoms with Gasteiger partial charge in [-0.15, -0.1) is 0 Å². The minimum Gasteiger partial charge on any atom is -0.429 e. The highest BCUT2D eigenvalue weighted by Gasteiger charge is 2.39. The Hall–Kier alpha value is -2.41. The second-order valence-corrected chi connectivity index (χ2v) is 5.37. The number of carbonyl (C=O) groups is 1. The SMILES string of the molecule is CC(=CC(=O)Cl)c1cccc(OC(F)(F)c2ccc(F)c(F)c2F)c1. The van der Waals surface area contributed by atoms with E-state index >= 15 is 0 Å². The van der Waals surface area contributed by atoms with E-state index in [4.69, 9.17) is 11.6 Å². The molecule has 2 aromatic rings. The van der Waals surface area contributed by atoms with Gasteiger partial charge in [0.05, 0.1) is 0 Å². The second-order valence-electron chi connectivity index (χ2n) is 5.00. The molecule has 0 saturated heterocycles. The first-order chi connectivity index (χ1) is 11.6. The van der Waals surface area contributed by atoms with Gasteiger partial charge in [-0.2, -0.15) is 8.78 Å². The van der Waals surface area contributed by atoms with E-state index < -0.39 is 34.4 Å². The zero-order valence-corrected chi connectivity index (χ0v) is 13.4. The van der Waals surface area contributed by atoms with Gasteiger partial charge in [-0.3, -0.25) is 4.79 Å². The molecule has 2 rings (SSSR count). The number of benzene rings is 2. The molecule has 0 aliphatic heterocycles. The smallest absolute Gasteiger partial charge is 0.429 e. The normalized spacial score (nSPS) is 12.2. The summed E-state index contributed by atoms with van der Waals surface area (Å²) in [5.41, 5.74) is -0.708. The molecule has 0 N–H and O–H groups in total. The number of rotatable bonds is 5. The monoisotopic (exact) mass is 376 g/mol. The zero-order valence-electron chi connectivity index (χ0n) is 12.6. The van der Waals surface area contributed by atoms with Gasteiger partial charge in [-0.05, 0) is 53.9 Å². The fourth-order valence-electron chi connectivity index (χ4n) is 2.01. The van der Waals surface area contributed by atoms with E-state index in [9.17, 15) is 26.7 Å². The van der Waals surface area contributed by atoms with Crippen molar-refractivity contribution in [2.45, 2.75) is 13.0 Å². The van der Waals surface area contributed by atoms with Gasteiger partial charge >= 0.3 is 6.11 Å². The van der Waals surface area contributed by atoms with Gasteiger partial charge in [-0.1, -0.05) is 12.1 Å². The molecular formula is C17H10ClF5O2. The summed E-state index contributed by atoms with van der Waals surface area (Å²) in [6.07, 6.45) is -3.18. The van der Waals surface area contributed by atoms with Crippen molar-refractivity contribution in [3.05, 3.63) is 71.1 Å². The average Bonchev–Trinajstić information content (AvgIpc) is 2.51. The molecule has 0 fully saturated rings. The maximum Gasteiger partial charge on any atom is 0.429 e. The Morgan fingerprint density at radius 2 is 1.80 bits per heavy atom. The molecule has 0 amide bonds. The number of allylic oxidation sites excluding steroid dienone is 2. The number of carbonyl (C=O) groups excluding carboxylic acids is 1. The van der Waals surface area contributed by atoms with Crippen LogP contribution in [0.5, 0.6) is 5.75 Å². The highest BCUT2D eigenvalue weighted by molar-refractivity contribution is 6.67. The molecule has 0 bridgehead atoms. The maximum atomic E-state index is 14.1. The predicted molar refractivity (Wildman–Crippen MR) is 81.8 cm³/mol. The van der Waals surface area contributed by atoms with Gasteiger partial charge in [0, 0.05) is 6.08 Å². The number of hydrogen-bond acceptors (Lipinski definition) is 2. The Morgan fingerprint density at radius 3 is 2.44 bits per heavy atom. The molecule has 2 nitrogen and oxygen atoms in total. The summed E-state index contributed by atoms with van der Waals surface area (Å²) in [6.45, 7) is 1.52. The van der Waals surface area contributed by atoms with E-state index in [1.54, 1.807) is 0 Å². The molecule has 0 heterocycles. The summed E-state index contributed by atoms with van der Waals surface area (Å²) in [5, 5.41) is -0.752. The summed E-state index contributed by atoms with van der Waals surface area (Å²) in [7, 11) is 0. The lowest BCUT2D eigenvalue weighted by Gasteiger charge is -2.19. The lowest BCUT2D eigenvalue weighted by molar-refractivity contribution is -0.187. The Balaban J connectivity index is 2.36. The van der Waals surface area contributed by atoms with Crippen LogP contribution in [-0.2, 0) is 10.9 Å². The van der Waals surface area contributed by atoms with Gasteiger partial charge in [0.2, 0.25) is 5.24 Å². The first kappa shape index (κ1) is 18.9. The number of alkyl halides is 2. The molecule has 0 aromatic heterocycles. The van der Waals surface area contributed by atoms with E-state index in [1.807, 2.05) is 0 Å². The van der Waals surface area contributed by atoms with Gasteiger partial charge in [-0.25, -0.2) is 13.2 Å². The van der Waals surface area contributed by atoms with Crippen LogP contribution in [0, 0.1) is 17.5 Å². The van der Waals surface area contributed by atoms with E-state index in [2.05, 4.69) is 4.74 Å². The van der Waals surface area contributed by atoms with Gasteiger partial charge < -0.3 is 4.74 Å². The van der Waals surface area contributed by atoms with Crippen molar-refractivity contribution in [1.82, 2.24) is 0 Å². The number of halogens is 6. The molecule has 0 aliphatic rings. The first-order valence-electron chi connectivity index (χ1n) is 6.81. The van der Waals surface area contributed by atoms with E-state index in [1.165, 1.54) is 19.1 Å². The van der Waals surface area contributed by atoms with Crippen LogP contribution in [0.25, 0.3) is 5.57 Å². The minimum atomic E-state index is -4.25. The Morgan fingerprint density at radius 1 is 1.12 bits per heavy atom. The van der Waals surface area contributed by atoms with Crippen LogP contribution >= 0.6 is 11.6 Å². The molecule has 0 spiro atoms. The topological polar surface area (TPSA) is 26.3 Å². The highest BCUT2D eigenvalue weighted by atomic mass is 35.5. The molecule has 0 unspecified atom stereocenters. The number of ether oxygens (including phenoxy) is 1. The van der Waals surface area contributed by atoms with Crippen molar-refractivity contribution in [3.8, 4) is 5.75 Å². The molecule has 25 heavy (non-hydrogen) atoms. The molecule has 0 saturated carbocycles. The highest BCUT2D eigenvalue weighted by Crippen LogP contribution is 2.35. The molecule has 8 heteroatoms. The van der Waals surface area contributed by atoms with Crippen molar-refractivity contribution in [2.24, 2.45) is 0 Å². The zero-order chi connectivity index (χ0) is 18.8. The third kappa shape index (κ3) is 4.36. The van der Waals surface area contributed by atoms with Crippen LogP contribution in [0.15, 0.2) is 42.5 Å². The summed E-state index contributed by atoms with van der Waals surface area (Å²) in [4.78, 5) is 10.9. The fraction of sp³-hybridized carbons (Fsp3) is 0.118. The second kappa shape index (κ2) is 7.23. The molecule has 0 atom stereocenters. The minimum absolute atomic E-state index is 0.355. The standard InChI is InChI=1S/C17H10ClF5O2/c1-9(7-14(18)24)10-3-2-4-11(8-10)25-17(22,23)12-5-6-13(19)16(21)15(12)20/h2-8H,1H3. The van der Waals surface area contributed by atoms with Crippen LogP contribution in [0.2, 0.25) is 0 Å². The van der Waals surface area contributed by atoms with Gasteiger partial charge in [0.15, 0.2) is 17.5 Å². The van der Waals surface area contributed by atoms with Crippen LogP contribution in [0.4, 0.5) is 22.0 Å². The molecule has 0 aliphatic carbocycles. The Labute approximate surface area is 144 Å². The Kier molecular flexibility index (Phi) is 5.47. The predicted octanol–water partition coefficient (Wildman–Crippen LogP) is 5.40. The lowest BCUT2D eigenvalue weighted by Crippen LogP contribution is -2.24. The fourth-order valence-corrected chi connectivity index (χ4v) is 2.18. The lowest BCUT2D eigenvalue weighted by atomic mass is 10.1. The molecule has 2 aromatic carbocycles. The van der Waals surface area contributed by atoms with Gasteiger partial charge in [0.1, 0.15) is 11.3 Å². The van der Waals surface area contributed by atoms with Gasteiger partial charge in [0.25, 0.3) is 0 Å². The van der Waals surface area contributed by atoms with E-state index in [-0.39, 0.29) is 5.75 Å². The summed E-state index contributed by atoms with van der Waals surface area (Å²) in [6, 6.07) is 5.96. The third-order valence-electron chi connectivity index (χ3n) is 3.21. The van der Waals surface area contributed by atoms with E-state index in [0.29, 0.717) is 23.3 Å². The van der Waals surface area contributed by atoms with Crippen LogP contribution in [0.1, 0.15) is 18.1 Å². The number of hydrogen-bond donors (Lipinski definition) is 0. The third-order valence-corrected chi connectivity index (χ3v) is 3.32. The van der Waals surface area contributed by atoms with Crippen molar-refractivity contribution in [2.75, 3.05) is 0 Å². The molecule has 0 radical (unpaired) electrons. The Bertz CT molecular complexity index is 849.